The highest BCUT2D eigenvalue weighted by molar-refractivity contribution is 5.76. The number of hydrogen-bond donors (Lipinski definition) is 1. The first-order valence-corrected chi connectivity index (χ1v) is 9.56. The summed E-state index contributed by atoms with van der Waals surface area (Å²) in [4.78, 5) is 32.7. The van der Waals surface area contributed by atoms with Gasteiger partial charge in [-0.1, -0.05) is 0 Å². The van der Waals surface area contributed by atoms with E-state index in [1.165, 1.54) is 12.1 Å². The van der Waals surface area contributed by atoms with Crippen molar-refractivity contribution in [2.45, 2.75) is 25.9 Å². The lowest BCUT2D eigenvalue weighted by atomic mass is 9.97. The molecular formula is C19H20F3N5O4. The number of aromatic nitrogens is 2. The molecule has 1 aliphatic rings. The Balaban J connectivity index is 1.80. The lowest BCUT2D eigenvalue weighted by molar-refractivity contribution is -0.383. The fourth-order valence-corrected chi connectivity index (χ4v) is 3.33. The van der Waals surface area contributed by atoms with Crippen molar-refractivity contribution >= 4 is 29.0 Å². The molecule has 31 heavy (non-hydrogen) atoms. The standard InChI is InChI=1S/C19H20F3N5O4/c1-2-31-18(28)12-7-9-26(10-8-12)17-15(27(29)30)16(23-11-24-17)25-14-5-3-13(4-6-14)19(20,21)22/h3-6,11-12H,2,7-10H2,1H3,(H,23,24,25). The molecule has 0 radical (unpaired) electrons. The van der Waals surface area contributed by atoms with Crippen molar-refractivity contribution < 1.29 is 27.6 Å². The largest absolute Gasteiger partial charge is 0.466 e. The van der Waals surface area contributed by atoms with Gasteiger partial charge in [0, 0.05) is 18.8 Å². The Morgan fingerprint density at radius 3 is 2.45 bits per heavy atom. The molecule has 1 aromatic carbocycles. The number of piperidine rings is 1. The summed E-state index contributed by atoms with van der Waals surface area (Å²) >= 11 is 0. The second-order valence-electron chi connectivity index (χ2n) is 6.87. The molecule has 1 aliphatic heterocycles. The minimum absolute atomic E-state index is 0.0803. The molecule has 0 bridgehead atoms. The van der Waals surface area contributed by atoms with Gasteiger partial charge in [-0.3, -0.25) is 14.9 Å². The van der Waals surface area contributed by atoms with E-state index in [0.717, 1.165) is 18.5 Å². The SMILES string of the molecule is CCOC(=O)C1CCN(c2ncnc(Nc3ccc(C(F)(F)F)cc3)c2[N+](=O)[O-])CC1. The summed E-state index contributed by atoms with van der Waals surface area (Å²) in [7, 11) is 0. The van der Waals surface area contributed by atoms with E-state index in [-0.39, 0.29) is 35.8 Å². The maximum atomic E-state index is 12.7. The third-order valence-corrected chi connectivity index (χ3v) is 4.87. The molecule has 0 atom stereocenters. The number of nitrogens with one attached hydrogen (secondary N) is 1. The minimum atomic E-state index is -4.48. The fraction of sp³-hybridized carbons (Fsp3) is 0.421. The Bertz CT molecular complexity index is 945. The molecular weight excluding hydrogens is 419 g/mol. The van der Waals surface area contributed by atoms with E-state index in [4.69, 9.17) is 4.74 Å². The minimum Gasteiger partial charge on any atom is -0.466 e. The van der Waals surface area contributed by atoms with Crippen molar-refractivity contribution in [3.63, 3.8) is 0 Å². The zero-order chi connectivity index (χ0) is 22.6. The van der Waals surface area contributed by atoms with Gasteiger partial charge in [0.1, 0.15) is 6.33 Å². The number of ether oxygens (including phenoxy) is 1. The van der Waals surface area contributed by atoms with Crippen LogP contribution in [0.15, 0.2) is 30.6 Å². The van der Waals surface area contributed by atoms with Gasteiger partial charge in [0.25, 0.3) is 0 Å². The van der Waals surface area contributed by atoms with Crippen LogP contribution >= 0.6 is 0 Å². The van der Waals surface area contributed by atoms with Gasteiger partial charge in [-0.2, -0.15) is 13.2 Å². The highest BCUT2D eigenvalue weighted by Gasteiger charge is 2.33. The number of benzene rings is 1. The van der Waals surface area contributed by atoms with Crippen molar-refractivity contribution in [1.82, 2.24) is 9.97 Å². The summed E-state index contributed by atoms with van der Waals surface area (Å²) < 4.78 is 43.2. The number of anilines is 3. The summed E-state index contributed by atoms with van der Waals surface area (Å²) in [5.41, 5.74) is -1.01. The molecule has 12 heteroatoms. The lowest BCUT2D eigenvalue weighted by Gasteiger charge is -2.31. The molecule has 1 N–H and O–H groups in total. The van der Waals surface area contributed by atoms with Crippen molar-refractivity contribution in [1.29, 1.82) is 0 Å². The van der Waals surface area contributed by atoms with Gasteiger partial charge < -0.3 is 15.0 Å². The van der Waals surface area contributed by atoms with Crippen LogP contribution in [0.25, 0.3) is 0 Å². The van der Waals surface area contributed by atoms with Crippen molar-refractivity contribution in [2.75, 3.05) is 29.9 Å². The Labute approximate surface area is 175 Å². The molecule has 2 aromatic rings. The Hall–Kier alpha value is -3.44. The molecule has 1 fully saturated rings. The van der Waals surface area contributed by atoms with E-state index in [0.29, 0.717) is 25.9 Å². The quantitative estimate of drug-likeness (QED) is 0.410. The van der Waals surface area contributed by atoms with Crippen LogP contribution in [0.5, 0.6) is 0 Å². The van der Waals surface area contributed by atoms with Gasteiger partial charge >= 0.3 is 17.8 Å². The Morgan fingerprint density at radius 1 is 1.26 bits per heavy atom. The summed E-state index contributed by atoms with van der Waals surface area (Å²) in [6.07, 6.45) is -2.42. The molecule has 1 aromatic heterocycles. The molecule has 166 valence electrons. The van der Waals surface area contributed by atoms with Crippen LogP contribution < -0.4 is 10.2 Å². The van der Waals surface area contributed by atoms with Gasteiger partial charge in [0.2, 0.25) is 11.6 Å². The third-order valence-electron chi connectivity index (χ3n) is 4.87. The zero-order valence-corrected chi connectivity index (χ0v) is 16.6. The molecule has 0 saturated carbocycles. The van der Waals surface area contributed by atoms with E-state index >= 15 is 0 Å². The molecule has 0 aliphatic carbocycles. The molecule has 3 rings (SSSR count). The zero-order valence-electron chi connectivity index (χ0n) is 16.6. The molecule has 1 saturated heterocycles. The first kappa shape index (κ1) is 22.2. The third kappa shape index (κ3) is 5.19. The highest BCUT2D eigenvalue weighted by atomic mass is 19.4. The second kappa shape index (κ2) is 9.14. The fourth-order valence-electron chi connectivity index (χ4n) is 3.33. The summed E-state index contributed by atoms with van der Waals surface area (Å²) in [6.45, 7) is 2.74. The number of nitro groups is 1. The Kier molecular flexibility index (Phi) is 6.56. The lowest BCUT2D eigenvalue weighted by Crippen LogP contribution is -2.37. The van der Waals surface area contributed by atoms with E-state index in [1.807, 2.05) is 0 Å². The van der Waals surface area contributed by atoms with Crippen LogP contribution in [0, 0.1) is 16.0 Å². The van der Waals surface area contributed by atoms with Crippen LogP contribution in [0.1, 0.15) is 25.3 Å². The smallest absolute Gasteiger partial charge is 0.416 e. The second-order valence-corrected chi connectivity index (χ2v) is 6.87. The number of rotatable bonds is 6. The van der Waals surface area contributed by atoms with Crippen molar-refractivity contribution in [2.24, 2.45) is 5.92 Å². The monoisotopic (exact) mass is 439 g/mol. The maximum Gasteiger partial charge on any atom is 0.416 e. The molecule has 0 spiro atoms. The number of nitrogens with zero attached hydrogens (tertiary/aromatic N) is 4. The number of carbonyl (C=O) groups is 1. The Morgan fingerprint density at radius 2 is 1.90 bits per heavy atom. The predicted octanol–water partition coefficient (Wildman–Crippen LogP) is 3.93. The van der Waals surface area contributed by atoms with Gasteiger partial charge in [-0.05, 0) is 44.0 Å². The van der Waals surface area contributed by atoms with Crippen molar-refractivity contribution in [3.05, 3.63) is 46.3 Å². The van der Waals surface area contributed by atoms with Gasteiger partial charge in [-0.25, -0.2) is 9.97 Å². The first-order chi connectivity index (χ1) is 14.7. The van der Waals surface area contributed by atoms with Gasteiger partial charge in [-0.15, -0.1) is 0 Å². The van der Waals surface area contributed by atoms with Crippen LogP contribution in [0.4, 0.5) is 36.2 Å². The van der Waals surface area contributed by atoms with Crippen LogP contribution in [-0.4, -0.2) is 40.6 Å². The summed E-state index contributed by atoms with van der Waals surface area (Å²) in [5.74, 6) is -0.621. The van der Waals surface area contributed by atoms with E-state index in [9.17, 15) is 28.1 Å². The molecule has 0 amide bonds. The van der Waals surface area contributed by atoms with Crippen LogP contribution in [-0.2, 0) is 15.7 Å². The summed E-state index contributed by atoms with van der Waals surface area (Å²) in [6, 6.07) is 4.07. The van der Waals surface area contributed by atoms with Crippen molar-refractivity contribution in [3.8, 4) is 0 Å². The predicted molar refractivity (Wildman–Crippen MR) is 105 cm³/mol. The highest BCUT2D eigenvalue weighted by Crippen LogP contribution is 2.36. The van der Waals surface area contributed by atoms with Crippen LogP contribution in [0.3, 0.4) is 0 Å². The number of carbonyl (C=O) groups excluding carboxylic acids is 1. The molecule has 2 heterocycles. The van der Waals surface area contributed by atoms with E-state index < -0.39 is 22.4 Å². The number of esters is 1. The first-order valence-electron chi connectivity index (χ1n) is 9.56. The van der Waals surface area contributed by atoms with Crippen LogP contribution in [0.2, 0.25) is 0 Å². The normalized spacial score (nSPS) is 14.9. The number of alkyl halides is 3. The molecule has 9 nitrogen and oxygen atoms in total. The number of hydrogen-bond acceptors (Lipinski definition) is 8. The maximum absolute atomic E-state index is 12.7. The average Bonchev–Trinajstić information content (AvgIpc) is 2.73. The number of halogens is 3. The average molecular weight is 439 g/mol. The molecule has 0 unspecified atom stereocenters. The summed E-state index contributed by atoms with van der Waals surface area (Å²) in [5, 5.41) is 14.4. The van der Waals surface area contributed by atoms with Gasteiger partial charge in [0.05, 0.1) is 23.0 Å². The van der Waals surface area contributed by atoms with Gasteiger partial charge in [0.15, 0.2) is 0 Å². The topological polar surface area (TPSA) is 110 Å². The van der Waals surface area contributed by atoms with E-state index in [1.54, 1.807) is 11.8 Å². The van der Waals surface area contributed by atoms with E-state index in [2.05, 4.69) is 15.3 Å².